The van der Waals surface area contributed by atoms with E-state index in [1.54, 1.807) is 0 Å². The van der Waals surface area contributed by atoms with Crippen molar-refractivity contribution in [1.29, 1.82) is 0 Å². The first-order valence-corrected chi connectivity index (χ1v) is 15.4. The Kier molecular flexibility index (Phi) is 5.25. The summed E-state index contributed by atoms with van der Waals surface area (Å²) in [6.45, 7) is 35.9. The van der Waals surface area contributed by atoms with Crippen LogP contribution in [0.15, 0.2) is 30.3 Å². The highest BCUT2D eigenvalue weighted by Gasteiger charge is 2.35. The fourth-order valence-corrected chi connectivity index (χ4v) is 7.61. The maximum atomic E-state index is 2.59. The van der Waals surface area contributed by atoms with Gasteiger partial charge in [0.25, 0.3) is 0 Å². The van der Waals surface area contributed by atoms with Crippen molar-refractivity contribution in [1.82, 2.24) is 0 Å². The quantitative estimate of drug-likeness (QED) is 0.171. The molecule has 0 heteroatoms. The predicted octanol–water partition coefficient (Wildman–Crippen LogP) is 12.3. The highest BCUT2D eigenvalue weighted by atomic mass is 14.4. The molecule has 0 radical (unpaired) electrons. The van der Waals surface area contributed by atoms with E-state index in [9.17, 15) is 0 Å². The van der Waals surface area contributed by atoms with E-state index >= 15 is 0 Å². The molecule has 0 aromatic heterocycles. The van der Waals surface area contributed by atoms with Gasteiger partial charge in [-0.25, -0.2) is 0 Å². The highest BCUT2D eigenvalue weighted by Crippen LogP contribution is 2.56. The van der Waals surface area contributed by atoms with Crippen LogP contribution in [-0.2, 0) is 27.1 Å². The topological polar surface area (TPSA) is 0 Å². The molecule has 6 rings (SSSR count). The lowest BCUT2D eigenvalue weighted by Gasteiger charge is -2.29. The molecule has 0 aliphatic carbocycles. The summed E-state index contributed by atoms with van der Waals surface area (Å²) in [6, 6.07) is 12.9. The average Bonchev–Trinajstić information content (AvgIpc) is 3.13. The third-order valence-corrected chi connectivity index (χ3v) is 9.53. The van der Waals surface area contributed by atoms with Gasteiger partial charge in [0.15, 0.2) is 0 Å². The molecule has 40 heavy (non-hydrogen) atoms. The predicted molar refractivity (Wildman–Crippen MR) is 181 cm³/mol. The van der Waals surface area contributed by atoms with E-state index in [-0.39, 0.29) is 27.1 Å². The first-order chi connectivity index (χ1) is 18.0. The number of hydrogen-bond acceptors (Lipinski definition) is 0. The van der Waals surface area contributed by atoms with E-state index in [1.807, 2.05) is 0 Å². The van der Waals surface area contributed by atoms with Crippen molar-refractivity contribution in [3.8, 4) is 0 Å². The maximum absolute atomic E-state index is 2.59. The molecule has 0 saturated heterocycles. The van der Waals surface area contributed by atoms with Crippen LogP contribution in [0.25, 0.3) is 53.9 Å². The minimum absolute atomic E-state index is 0.0386. The normalized spacial score (nSPS) is 14.9. The van der Waals surface area contributed by atoms with E-state index in [0.29, 0.717) is 0 Å². The van der Waals surface area contributed by atoms with Crippen molar-refractivity contribution in [3.63, 3.8) is 0 Å². The third-order valence-electron chi connectivity index (χ3n) is 9.53. The first-order valence-electron chi connectivity index (χ1n) is 15.4. The molecule has 0 heterocycles. The van der Waals surface area contributed by atoms with E-state index in [4.69, 9.17) is 0 Å². The molecule has 0 spiro atoms. The second kappa shape index (κ2) is 7.61. The third kappa shape index (κ3) is 3.63. The molecule has 0 saturated carbocycles. The molecule has 0 aliphatic heterocycles. The van der Waals surface area contributed by atoms with Crippen LogP contribution >= 0.6 is 0 Å². The molecule has 0 aliphatic rings. The van der Waals surface area contributed by atoms with Crippen LogP contribution in [0.3, 0.4) is 0 Å². The lowest BCUT2D eigenvalue weighted by atomic mass is 9.75. The second-order valence-electron chi connectivity index (χ2n) is 18.0. The van der Waals surface area contributed by atoms with E-state index < -0.39 is 0 Å². The summed E-state index contributed by atoms with van der Waals surface area (Å²) in [5.74, 6) is 0. The Hall–Kier alpha value is -2.60. The highest BCUT2D eigenvalue weighted by molar-refractivity contribution is 6.46. The molecule has 0 unspecified atom stereocenters. The molecule has 6 aromatic carbocycles. The van der Waals surface area contributed by atoms with Gasteiger partial charge in [-0.1, -0.05) is 104 Å². The zero-order valence-electron chi connectivity index (χ0n) is 27.9. The zero-order valence-corrected chi connectivity index (χ0v) is 27.9. The Bertz CT molecular complexity index is 1570. The molecular weight excluding hydrogens is 480 g/mol. The molecule has 0 amide bonds. The van der Waals surface area contributed by atoms with E-state index in [0.717, 1.165) is 0 Å². The van der Waals surface area contributed by atoms with Gasteiger partial charge in [-0.15, -0.1) is 0 Å². The lowest BCUT2D eigenvalue weighted by molar-refractivity contribution is 0.588. The second-order valence-corrected chi connectivity index (χ2v) is 18.0. The zero-order chi connectivity index (χ0) is 29.7. The summed E-state index contributed by atoms with van der Waals surface area (Å²) < 4.78 is 0. The van der Waals surface area contributed by atoms with Gasteiger partial charge in [-0.2, -0.15) is 0 Å². The minimum Gasteiger partial charge on any atom is -0.0561 e. The number of benzene rings is 5. The fourth-order valence-electron chi connectivity index (χ4n) is 7.61. The van der Waals surface area contributed by atoms with Crippen molar-refractivity contribution in [2.24, 2.45) is 0 Å². The van der Waals surface area contributed by atoms with Gasteiger partial charge < -0.3 is 0 Å². The van der Waals surface area contributed by atoms with E-state index in [1.165, 1.54) is 81.7 Å². The van der Waals surface area contributed by atoms with Crippen LogP contribution in [0.4, 0.5) is 0 Å². The first kappa shape index (κ1) is 27.6. The van der Waals surface area contributed by atoms with Crippen molar-refractivity contribution >= 4 is 53.9 Å². The smallest absolute Gasteiger partial charge is 0.00106 e. The van der Waals surface area contributed by atoms with Gasteiger partial charge in [-0.05, 0) is 139 Å². The van der Waals surface area contributed by atoms with Crippen molar-refractivity contribution in [3.05, 3.63) is 58.1 Å². The van der Waals surface area contributed by atoms with Crippen molar-refractivity contribution < 1.29 is 0 Å². The van der Waals surface area contributed by atoms with Gasteiger partial charge in [-0.3, -0.25) is 0 Å². The monoisotopic (exact) mass is 530 g/mol. The Morgan fingerprint density at radius 2 is 0.375 bits per heavy atom. The Balaban J connectivity index is 2.10. The Labute approximate surface area is 242 Å². The molecule has 210 valence electrons. The summed E-state index contributed by atoms with van der Waals surface area (Å²) >= 11 is 0. The molecule has 0 atom stereocenters. The van der Waals surface area contributed by atoms with Crippen molar-refractivity contribution in [2.75, 3.05) is 0 Å². The molecule has 0 bridgehead atoms. The summed E-state index contributed by atoms with van der Waals surface area (Å²) in [7, 11) is 0. The van der Waals surface area contributed by atoms with E-state index in [2.05, 4.69) is 134 Å². The van der Waals surface area contributed by atoms with Gasteiger partial charge in [0.2, 0.25) is 0 Å². The van der Waals surface area contributed by atoms with Crippen LogP contribution in [-0.4, -0.2) is 0 Å². The minimum atomic E-state index is 0.0386. The maximum Gasteiger partial charge on any atom is -0.00106 e. The van der Waals surface area contributed by atoms with Crippen LogP contribution < -0.4 is 0 Å². The SMILES string of the molecule is CC(C)(C)c1cc2c(C(C)(C)C)cc3c(C(C)(C)C)cc4c(C(C)(C)C)cc5c(C(C)(C)C)cc1c1c5c4c3c21. The lowest BCUT2D eigenvalue weighted by Crippen LogP contribution is -2.16. The molecule has 0 N–H and O–H groups in total. The van der Waals surface area contributed by atoms with Crippen LogP contribution in [0.2, 0.25) is 0 Å². The van der Waals surface area contributed by atoms with Crippen LogP contribution in [0.1, 0.15) is 132 Å². The largest absolute Gasteiger partial charge is 0.0561 e. The van der Waals surface area contributed by atoms with Gasteiger partial charge in [0.1, 0.15) is 0 Å². The van der Waals surface area contributed by atoms with Gasteiger partial charge in [0, 0.05) is 0 Å². The average molecular weight is 531 g/mol. The summed E-state index contributed by atoms with van der Waals surface area (Å²) in [5, 5.41) is 14.8. The standard InChI is InChI=1S/C40H50/c1-36(2,3)26-16-22-28(38(7,8)9)18-24-30(40(13,14)15)20-25-29(39(10,11)12)19-23-27(37(4,5)6)17-21(26)31-32(22)34(24)35(25)33(23)31/h16-20H,1-15H3. The van der Waals surface area contributed by atoms with Crippen LogP contribution in [0.5, 0.6) is 0 Å². The van der Waals surface area contributed by atoms with Gasteiger partial charge in [0.05, 0.1) is 0 Å². The molecular formula is C40H50. The Morgan fingerprint density at radius 1 is 0.250 bits per heavy atom. The van der Waals surface area contributed by atoms with Crippen molar-refractivity contribution in [2.45, 2.75) is 131 Å². The summed E-state index contributed by atoms with van der Waals surface area (Å²) in [4.78, 5) is 0. The molecule has 0 nitrogen and oxygen atoms in total. The Morgan fingerprint density at radius 3 is 0.475 bits per heavy atom. The molecule has 0 fully saturated rings. The summed E-state index contributed by atoms with van der Waals surface area (Å²) in [6.07, 6.45) is 0. The molecule has 6 aromatic rings. The van der Waals surface area contributed by atoms with Gasteiger partial charge >= 0.3 is 0 Å². The fraction of sp³-hybridized carbons (Fsp3) is 0.500. The number of rotatable bonds is 0. The number of hydrogen-bond donors (Lipinski definition) is 0. The summed E-state index contributed by atoms with van der Waals surface area (Å²) in [5.41, 5.74) is 7.57. The van der Waals surface area contributed by atoms with Crippen LogP contribution in [0, 0.1) is 0 Å².